The maximum Gasteiger partial charge on any atom is 0.337 e. The molecule has 4 rings (SSSR count). The van der Waals surface area contributed by atoms with Gasteiger partial charge in [-0.3, -0.25) is 18.7 Å². The van der Waals surface area contributed by atoms with Crippen LogP contribution in [0.3, 0.4) is 0 Å². The third-order valence-electron chi connectivity index (χ3n) is 7.18. The van der Waals surface area contributed by atoms with Crippen LogP contribution in [-0.4, -0.2) is 60.3 Å². The molecule has 0 saturated heterocycles. The highest BCUT2D eigenvalue weighted by Crippen LogP contribution is 2.22. The lowest BCUT2D eigenvalue weighted by Gasteiger charge is -2.24. The fourth-order valence-electron chi connectivity index (χ4n) is 4.99. The summed E-state index contributed by atoms with van der Waals surface area (Å²) in [7, 11) is 1.27. The number of imidazole rings is 1. The first kappa shape index (κ1) is 30.9. The maximum atomic E-state index is 13.7. The summed E-state index contributed by atoms with van der Waals surface area (Å²) in [5.74, 6) is -1.04. The number of aryl methyl sites for hydroxylation is 1. The van der Waals surface area contributed by atoms with Crippen LogP contribution >= 0.6 is 0 Å². The molecule has 11 heteroatoms. The van der Waals surface area contributed by atoms with E-state index in [4.69, 9.17) is 15.2 Å². The molecule has 0 spiro atoms. The highest BCUT2D eigenvalue weighted by molar-refractivity contribution is 5.99. The van der Waals surface area contributed by atoms with Crippen molar-refractivity contribution in [1.29, 1.82) is 0 Å². The molecule has 3 aromatic carbocycles. The molecule has 11 nitrogen and oxygen atoms in total. The number of amides is 2. The van der Waals surface area contributed by atoms with Crippen molar-refractivity contribution in [3.05, 3.63) is 88.8 Å². The lowest BCUT2D eigenvalue weighted by atomic mass is 10.2. The molecule has 0 atom stereocenters. The molecule has 0 aliphatic rings. The van der Waals surface area contributed by atoms with Crippen molar-refractivity contribution in [3.63, 3.8) is 0 Å². The number of fused-ring (bicyclic) bond motifs is 1. The third kappa shape index (κ3) is 7.24. The van der Waals surface area contributed by atoms with E-state index in [9.17, 15) is 19.2 Å². The first-order chi connectivity index (χ1) is 20.8. The largest absolute Gasteiger partial charge is 0.494 e. The van der Waals surface area contributed by atoms with Gasteiger partial charge < -0.3 is 25.0 Å². The molecule has 0 saturated carbocycles. The monoisotopic (exact) mass is 587 g/mol. The van der Waals surface area contributed by atoms with E-state index in [-0.39, 0.29) is 18.7 Å². The smallest absolute Gasteiger partial charge is 0.337 e. The van der Waals surface area contributed by atoms with Crippen LogP contribution in [0, 0.1) is 0 Å². The molecule has 0 aliphatic carbocycles. The van der Waals surface area contributed by atoms with Crippen LogP contribution in [0.15, 0.2) is 77.6 Å². The van der Waals surface area contributed by atoms with Crippen molar-refractivity contribution < 1.29 is 23.9 Å². The summed E-state index contributed by atoms with van der Waals surface area (Å²) in [5, 5.41) is 0. The fourth-order valence-corrected chi connectivity index (χ4v) is 4.99. The molecule has 1 aromatic heterocycles. The molecule has 4 aromatic rings. The van der Waals surface area contributed by atoms with Crippen LogP contribution in [0.5, 0.6) is 5.75 Å². The Morgan fingerprint density at radius 3 is 2.16 bits per heavy atom. The van der Waals surface area contributed by atoms with E-state index in [0.29, 0.717) is 36.3 Å². The number of anilines is 2. The standard InChI is InChI=1S/C32H37N5O6/c1-4-34(5-2)24-13-15-25(16-14-24)36(21-29(33)38)30(39)22-37-28-20-23(31(40)42-3)12-17-27(28)35(32(37)41)18-9-19-43-26-10-7-6-8-11-26/h6-8,10-17,20H,4-5,9,18-19,21-22H2,1-3H3,(H2,33,38). The molecule has 0 radical (unpaired) electrons. The van der Waals surface area contributed by atoms with Gasteiger partial charge in [0.25, 0.3) is 0 Å². The Hall–Kier alpha value is -5.06. The number of nitrogens with two attached hydrogens (primary N) is 1. The number of ether oxygens (including phenoxy) is 2. The number of nitrogens with zero attached hydrogens (tertiary/aromatic N) is 4. The average Bonchev–Trinajstić information content (AvgIpc) is 3.28. The Balaban J connectivity index is 1.65. The van der Waals surface area contributed by atoms with Crippen molar-refractivity contribution in [1.82, 2.24) is 9.13 Å². The summed E-state index contributed by atoms with van der Waals surface area (Å²) in [6.07, 6.45) is 0.521. The summed E-state index contributed by atoms with van der Waals surface area (Å²) in [4.78, 5) is 55.1. The van der Waals surface area contributed by atoms with Crippen molar-refractivity contribution >= 4 is 40.2 Å². The minimum atomic E-state index is -0.692. The third-order valence-corrected chi connectivity index (χ3v) is 7.18. The summed E-state index contributed by atoms with van der Waals surface area (Å²) in [5.41, 5.74) is 7.71. The van der Waals surface area contributed by atoms with E-state index >= 15 is 0 Å². The van der Waals surface area contributed by atoms with Gasteiger partial charge in [-0.1, -0.05) is 18.2 Å². The molecular formula is C32H37N5O6. The van der Waals surface area contributed by atoms with Crippen LogP contribution in [0.1, 0.15) is 30.6 Å². The molecule has 226 valence electrons. The van der Waals surface area contributed by atoms with Gasteiger partial charge in [0.05, 0.1) is 30.3 Å². The van der Waals surface area contributed by atoms with Crippen LogP contribution in [0.2, 0.25) is 0 Å². The average molecular weight is 588 g/mol. The van der Waals surface area contributed by atoms with Gasteiger partial charge >= 0.3 is 11.7 Å². The molecule has 1 heterocycles. The number of hydrogen-bond acceptors (Lipinski definition) is 7. The minimum absolute atomic E-state index is 0.238. The van der Waals surface area contributed by atoms with E-state index in [0.717, 1.165) is 24.5 Å². The summed E-state index contributed by atoms with van der Waals surface area (Å²) < 4.78 is 13.5. The lowest BCUT2D eigenvalue weighted by Crippen LogP contribution is -2.42. The van der Waals surface area contributed by atoms with E-state index in [1.165, 1.54) is 22.6 Å². The summed E-state index contributed by atoms with van der Waals surface area (Å²) in [6, 6.07) is 21.4. The topological polar surface area (TPSA) is 129 Å². The minimum Gasteiger partial charge on any atom is -0.494 e. The van der Waals surface area contributed by atoms with E-state index in [1.54, 1.807) is 28.8 Å². The highest BCUT2D eigenvalue weighted by atomic mass is 16.5. The van der Waals surface area contributed by atoms with Gasteiger partial charge in [0.2, 0.25) is 11.8 Å². The van der Waals surface area contributed by atoms with Gasteiger partial charge in [0, 0.05) is 31.0 Å². The van der Waals surface area contributed by atoms with Gasteiger partial charge in [-0.05, 0) is 74.9 Å². The SMILES string of the molecule is CCN(CC)c1ccc(N(CC(N)=O)C(=O)Cn2c(=O)n(CCCOc3ccccc3)c3ccc(C(=O)OC)cc32)cc1. The Morgan fingerprint density at radius 1 is 0.860 bits per heavy atom. The predicted octanol–water partition coefficient (Wildman–Crippen LogP) is 3.42. The molecule has 0 fully saturated rings. The van der Waals surface area contributed by atoms with Crippen molar-refractivity contribution in [2.45, 2.75) is 33.4 Å². The Kier molecular flexibility index (Phi) is 10.2. The number of aromatic nitrogens is 2. The Labute approximate surface area is 250 Å². The zero-order chi connectivity index (χ0) is 30.9. The van der Waals surface area contributed by atoms with Crippen LogP contribution < -0.4 is 26.0 Å². The summed E-state index contributed by atoms with van der Waals surface area (Å²) >= 11 is 0. The van der Waals surface area contributed by atoms with Gasteiger partial charge in [-0.2, -0.15) is 0 Å². The molecule has 43 heavy (non-hydrogen) atoms. The summed E-state index contributed by atoms with van der Waals surface area (Å²) in [6.45, 7) is 5.70. The first-order valence-corrected chi connectivity index (χ1v) is 14.2. The van der Waals surface area contributed by atoms with Gasteiger partial charge in [0.15, 0.2) is 0 Å². The lowest BCUT2D eigenvalue weighted by molar-refractivity contribution is -0.122. The van der Waals surface area contributed by atoms with Gasteiger partial charge in [0.1, 0.15) is 18.8 Å². The number of rotatable bonds is 14. The van der Waals surface area contributed by atoms with E-state index in [1.807, 2.05) is 42.5 Å². The van der Waals surface area contributed by atoms with Gasteiger partial charge in [-0.15, -0.1) is 0 Å². The number of carbonyl (C=O) groups is 3. The number of hydrogen-bond donors (Lipinski definition) is 1. The molecular weight excluding hydrogens is 550 g/mol. The number of primary amides is 1. The van der Waals surface area contributed by atoms with E-state index < -0.39 is 23.5 Å². The number of carbonyl (C=O) groups excluding carboxylic acids is 3. The number of para-hydroxylation sites is 1. The van der Waals surface area contributed by atoms with Crippen LogP contribution in [-0.2, 0) is 27.4 Å². The normalized spacial score (nSPS) is 10.9. The second-order valence-corrected chi connectivity index (χ2v) is 9.87. The quantitative estimate of drug-likeness (QED) is 0.177. The predicted molar refractivity (Wildman–Crippen MR) is 166 cm³/mol. The molecule has 2 N–H and O–H groups in total. The van der Waals surface area contributed by atoms with Gasteiger partial charge in [-0.25, -0.2) is 9.59 Å². The van der Waals surface area contributed by atoms with Crippen LogP contribution in [0.25, 0.3) is 11.0 Å². The van der Waals surface area contributed by atoms with Crippen molar-refractivity contribution in [2.75, 3.05) is 43.2 Å². The Morgan fingerprint density at radius 2 is 1.53 bits per heavy atom. The van der Waals surface area contributed by atoms with Crippen LogP contribution in [0.4, 0.5) is 11.4 Å². The molecule has 0 unspecified atom stereocenters. The van der Waals surface area contributed by atoms with Crippen molar-refractivity contribution in [3.8, 4) is 5.75 Å². The zero-order valence-corrected chi connectivity index (χ0v) is 24.7. The number of methoxy groups -OCH3 is 1. The Bertz CT molecular complexity index is 1620. The second kappa shape index (κ2) is 14.2. The highest BCUT2D eigenvalue weighted by Gasteiger charge is 2.23. The molecule has 0 bridgehead atoms. The van der Waals surface area contributed by atoms with Crippen molar-refractivity contribution in [2.24, 2.45) is 5.73 Å². The molecule has 0 aliphatic heterocycles. The molecule has 2 amide bonds. The maximum absolute atomic E-state index is 13.7. The number of benzene rings is 3. The van der Waals surface area contributed by atoms with E-state index in [2.05, 4.69) is 18.7 Å². The zero-order valence-electron chi connectivity index (χ0n) is 24.7. The number of esters is 1. The second-order valence-electron chi connectivity index (χ2n) is 9.87. The first-order valence-electron chi connectivity index (χ1n) is 14.2. The fraction of sp³-hybridized carbons (Fsp3) is 0.312.